The maximum Gasteiger partial charge on any atom is 0.510 e. The first-order valence-corrected chi connectivity index (χ1v) is 17.8. The second-order valence-electron chi connectivity index (χ2n) is 12.7. The predicted octanol–water partition coefficient (Wildman–Crippen LogP) is 4.08. The minimum absolute atomic E-state index is 0.0128. The van der Waals surface area contributed by atoms with Crippen molar-refractivity contribution in [1.82, 2.24) is 40.5 Å². The van der Waals surface area contributed by atoms with Gasteiger partial charge in [-0.15, -0.1) is 15.0 Å². The Kier molecular flexibility index (Phi) is 16.7. The first-order valence-electron chi connectivity index (χ1n) is 17.8. The zero-order valence-corrected chi connectivity index (χ0v) is 31.6. The number of carbonyl (C=O) groups is 2. The highest BCUT2D eigenvalue weighted by molar-refractivity contribution is 5.89. The number of nitrogens with zero attached hydrogens (tertiary/aromatic N) is 8. The Morgan fingerprint density at radius 2 is 1.52 bits per heavy atom. The summed E-state index contributed by atoms with van der Waals surface area (Å²) in [5.74, 6) is 0.274. The van der Waals surface area contributed by atoms with Gasteiger partial charge < -0.3 is 28.6 Å². The van der Waals surface area contributed by atoms with Gasteiger partial charge in [-0.05, 0) is 61.9 Å². The number of aromatic nitrogens is 6. The van der Waals surface area contributed by atoms with Gasteiger partial charge in [-0.1, -0.05) is 55.5 Å². The summed E-state index contributed by atoms with van der Waals surface area (Å²) in [4.78, 5) is 40.4. The number of imidazole rings is 1. The van der Waals surface area contributed by atoms with Crippen LogP contribution in [-0.2, 0) is 47.2 Å². The maximum absolute atomic E-state index is 13.5. The molecule has 56 heavy (non-hydrogen) atoms. The van der Waals surface area contributed by atoms with Crippen LogP contribution in [0.3, 0.4) is 0 Å². The van der Waals surface area contributed by atoms with E-state index in [4.69, 9.17) is 39.8 Å². The number of ether oxygens (including phenoxy) is 4. The molecule has 0 aliphatic carbocycles. The van der Waals surface area contributed by atoms with Crippen LogP contribution in [0.2, 0.25) is 0 Å². The molecule has 2 heterocycles. The van der Waals surface area contributed by atoms with Crippen LogP contribution in [0.15, 0.2) is 48.5 Å². The van der Waals surface area contributed by atoms with Crippen LogP contribution >= 0.6 is 0 Å². The first-order chi connectivity index (χ1) is 26.8. The van der Waals surface area contributed by atoms with Crippen molar-refractivity contribution in [3.63, 3.8) is 0 Å². The number of aliphatic hydroxyl groups is 1. The van der Waals surface area contributed by atoms with Crippen molar-refractivity contribution in [1.29, 1.82) is 0 Å². The fourth-order valence-electron chi connectivity index (χ4n) is 5.37. The van der Waals surface area contributed by atoms with Crippen molar-refractivity contribution in [3.05, 3.63) is 71.3 Å². The molecule has 5 N–H and O–H groups in total. The van der Waals surface area contributed by atoms with Crippen molar-refractivity contribution in [2.45, 2.75) is 71.8 Å². The lowest BCUT2D eigenvalue weighted by Gasteiger charge is -2.18. The summed E-state index contributed by atoms with van der Waals surface area (Å²) in [6.45, 7) is 6.80. The van der Waals surface area contributed by atoms with Gasteiger partial charge in [0.15, 0.2) is 5.69 Å². The van der Waals surface area contributed by atoms with Crippen molar-refractivity contribution >= 4 is 12.1 Å². The number of tetrazole rings is 1. The molecule has 1 atom stereocenters. The van der Waals surface area contributed by atoms with E-state index in [0.29, 0.717) is 30.7 Å². The van der Waals surface area contributed by atoms with E-state index >= 15 is 0 Å². The Labute approximate surface area is 321 Å². The third-order valence-corrected chi connectivity index (χ3v) is 7.95. The molecular weight excluding hydrogens is 740 g/mol. The second-order valence-corrected chi connectivity index (χ2v) is 12.7. The predicted molar refractivity (Wildman–Crippen MR) is 189 cm³/mol. The average molecular weight is 789 g/mol. The molecule has 4 rings (SSSR count). The van der Waals surface area contributed by atoms with Gasteiger partial charge in [0.25, 0.3) is 0 Å². The van der Waals surface area contributed by atoms with Crippen LogP contribution < -0.4 is 0 Å². The van der Waals surface area contributed by atoms with Crippen molar-refractivity contribution in [2.75, 3.05) is 39.6 Å². The largest absolute Gasteiger partial charge is 0.510 e. The van der Waals surface area contributed by atoms with E-state index in [1.807, 2.05) is 55.5 Å². The standard InChI is InChI=1S/C35H48N8O13/c1-5-10-29-36-31(35(3,4)46)30(33(44)52-17-8-9-18-54-42(47)48)40(29)23-25-13-15-26(16-14-25)27-11-6-7-12-28(27)32-37-39-41(38-32)24(2)56-34(45)53-21-19-51-20-22-55-43(49)50/h6-7,11-16,24,46-50H,5,8-10,17-23H2,1-4H3. The molecule has 0 aliphatic rings. The number of esters is 1. The molecule has 1 unspecified atom stereocenters. The number of aryl methyl sites for hydroxylation is 1. The highest BCUT2D eigenvalue weighted by Gasteiger charge is 2.32. The van der Waals surface area contributed by atoms with Gasteiger partial charge >= 0.3 is 12.1 Å². The molecule has 21 heteroatoms. The number of benzene rings is 2. The highest BCUT2D eigenvalue weighted by atomic mass is 17.1. The normalized spacial score (nSPS) is 12.3. The monoisotopic (exact) mass is 788 g/mol. The van der Waals surface area contributed by atoms with Gasteiger partial charge in [0.1, 0.15) is 23.7 Å². The fourth-order valence-corrected chi connectivity index (χ4v) is 5.37. The number of carbonyl (C=O) groups excluding carboxylic acids is 2. The summed E-state index contributed by atoms with van der Waals surface area (Å²) >= 11 is 0. The van der Waals surface area contributed by atoms with Gasteiger partial charge in [-0.2, -0.15) is 0 Å². The molecule has 0 radical (unpaired) electrons. The SMILES string of the molecule is CCCc1nc(C(C)(C)O)c(C(=O)OCCCCON(O)O)n1Cc1ccc(-c2ccccc2-c2nnn(C(C)OC(=O)OCCOCCON(O)O)n2)cc1. The van der Waals surface area contributed by atoms with Crippen molar-refractivity contribution in [3.8, 4) is 22.5 Å². The topological polar surface area (TPSA) is 259 Å². The molecule has 0 amide bonds. The van der Waals surface area contributed by atoms with Gasteiger partial charge in [0.2, 0.25) is 12.1 Å². The number of hydrogen-bond acceptors (Lipinski definition) is 19. The van der Waals surface area contributed by atoms with Crippen LogP contribution in [-0.4, -0.2) is 118 Å². The van der Waals surface area contributed by atoms with E-state index in [1.165, 1.54) is 0 Å². The van der Waals surface area contributed by atoms with E-state index in [9.17, 15) is 14.7 Å². The smallest absolute Gasteiger partial charge is 0.461 e. The molecule has 0 saturated carbocycles. The van der Waals surface area contributed by atoms with Gasteiger partial charge in [-0.25, -0.2) is 19.4 Å². The highest BCUT2D eigenvalue weighted by Crippen LogP contribution is 2.31. The molecular formula is C35H48N8O13. The Morgan fingerprint density at radius 1 is 0.857 bits per heavy atom. The van der Waals surface area contributed by atoms with Gasteiger partial charge in [0, 0.05) is 18.5 Å². The van der Waals surface area contributed by atoms with E-state index in [2.05, 4.69) is 30.1 Å². The summed E-state index contributed by atoms with van der Waals surface area (Å²) in [5, 5.41) is 57.2. The average Bonchev–Trinajstić information content (AvgIpc) is 3.79. The molecule has 0 spiro atoms. The number of unbranched alkanes of at least 4 members (excludes halogenated alkanes) is 1. The minimum atomic E-state index is -1.43. The Hall–Kier alpha value is -4.94. The van der Waals surface area contributed by atoms with Gasteiger partial charge in [-0.3, -0.25) is 25.7 Å². The summed E-state index contributed by atoms with van der Waals surface area (Å²) in [7, 11) is 0. The summed E-state index contributed by atoms with van der Waals surface area (Å²) in [6.07, 6.45) is 0.169. The summed E-state index contributed by atoms with van der Waals surface area (Å²) in [5.41, 5.74) is 2.11. The zero-order chi connectivity index (χ0) is 40.7. The molecule has 306 valence electrons. The Bertz CT molecular complexity index is 1830. The third-order valence-electron chi connectivity index (χ3n) is 7.95. The van der Waals surface area contributed by atoms with Crippen LogP contribution in [0.4, 0.5) is 4.79 Å². The first kappa shape index (κ1) is 43.8. The summed E-state index contributed by atoms with van der Waals surface area (Å²) in [6, 6.07) is 15.2. The molecule has 0 bridgehead atoms. The van der Waals surface area contributed by atoms with E-state index in [-0.39, 0.29) is 68.8 Å². The van der Waals surface area contributed by atoms with Crippen LogP contribution in [0.1, 0.15) is 80.8 Å². The minimum Gasteiger partial charge on any atom is -0.461 e. The molecule has 0 aliphatic heterocycles. The maximum atomic E-state index is 13.5. The van der Waals surface area contributed by atoms with E-state index in [0.717, 1.165) is 27.9 Å². The molecule has 21 nitrogen and oxygen atoms in total. The summed E-state index contributed by atoms with van der Waals surface area (Å²) < 4.78 is 22.7. The van der Waals surface area contributed by atoms with E-state index in [1.54, 1.807) is 25.3 Å². The van der Waals surface area contributed by atoms with Crippen LogP contribution in [0, 0.1) is 0 Å². The van der Waals surface area contributed by atoms with E-state index < -0.39 is 29.3 Å². The van der Waals surface area contributed by atoms with Crippen LogP contribution in [0.25, 0.3) is 22.5 Å². The van der Waals surface area contributed by atoms with Crippen molar-refractivity contribution < 1.29 is 64.1 Å². The molecule has 4 aromatic rings. The number of hydrogen-bond donors (Lipinski definition) is 5. The second kappa shape index (κ2) is 21.4. The Morgan fingerprint density at radius 3 is 2.20 bits per heavy atom. The molecule has 2 aromatic heterocycles. The zero-order valence-electron chi connectivity index (χ0n) is 31.6. The molecule has 0 fully saturated rings. The lowest BCUT2D eigenvalue weighted by atomic mass is 9.98. The molecule has 0 saturated heterocycles. The Balaban J connectivity index is 1.45. The quantitative estimate of drug-likeness (QED) is 0.0403. The fraction of sp³-hybridized carbons (Fsp3) is 0.486. The van der Waals surface area contributed by atoms with Crippen molar-refractivity contribution in [2.24, 2.45) is 0 Å². The van der Waals surface area contributed by atoms with Gasteiger partial charge in [0.05, 0.1) is 43.8 Å². The lowest BCUT2D eigenvalue weighted by molar-refractivity contribution is -0.493. The molecule has 2 aromatic carbocycles. The third kappa shape index (κ3) is 13.1. The lowest BCUT2D eigenvalue weighted by Crippen LogP contribution is -2.23. The number of rotatable bonds is 23. The van der Waals surface area contributed by atoms with Crippen LogP contribution in [0.5, 0.6) is 0 Å².